The fourth-order valence-electron chi connectivity index (χ4n) is 0.880. The molecule has 0 saturated heterocycles. The van der Waals surface area contributed by atoms with Crippen molar-refractivity contribution in [2.45, 2.75) is 6.23 Å². The largest absolute Gasteiger partial charge is 0.374 e. The summed E-state index contributed by atoms with van der Waals surface area (Å²) in [5.41, 5.74) is 0.157. The van der Waals surface area contributed by atoms with Crippen LogP contribution in [0.2, 0.25) is 5.02 Å². The highest BCUT2D eigenvalue weighted by atomic mass is 35.5. The van der Waals surface area contributed by atoms with Gasteiger partial charge in [0.25, 0.3) is 0 Å². The Labute approximate surface area is 75.0 Å². The predicted molar refractivity (Wildman–Crippen MR) is 45.4 cm³/mol. The average molecular weight is 190 g/mol. The van der Waals surface area contributed by atoms with E-state index in [9.17, 15) is 9.50 Å². The van der Waals surface area contributed by atoms with Crippen molar-refractivity contribution >= 4 is 11.6 Å². The van der Waals surface area contributed by atoms with Crippen molar-refractivity contribution in [3.05, 3.63) is 34.6 Å². The predicted octanol–water partition coefficient (Wildman–Crippen LogP) is 1.69. The van der Waals surface area contributed by atoms with E-state index in [4.69, 9.17) is 11.6 Å². The minimum absolute atomic E-state index is 0.157. The summed E-state index contributed by atoms with van der Waals surface area (Å²) in [6, 6.07) is 4.04. The first kappa shape index (κ1) is 9.45. The molecular formula is C8H9ClFNO. The Morgan fingerprint density at radius 3 is 2.83 bits per heavy atom. The maximum absolute atomic E-state index is 12.9. The topological polar surface area (TPSA) is 32.3 Å². The van der Waals surface area contributed by atoms with E-state index < -0.39 is 12.0 Å². The summed E-state index contributed by atoms with van der Waals surface area (Å²) in [5, 5.41) is 12.1. The molecule has 2 nitrogen and oxygen atoms in total. The molecule has 0 aliphatic heterocycles. The lowest BCUT2D eigenvalue weighted by Crippen LogP contribution is -2.16. The molecule has 2 N–H and O–H groups in total. The molecule has 0 aliphatic rings. The second-order valence-electron chi connectivity index (χ2n) is 2.36. The monoisotopic (exact) mass is 189 g/mol. The highest BCUT2D eigenvalue weighted by molar-refractivity contribution is 6.30. The lowest BCUT2D eigenvalue weighted by molar-refractivity contribution is 0.145. The van der Waals surface area contributed by atoms with Crippen LogP contribution in [0, 0.1) is 5.82 Å². The molecule has 1 aromatic rings. The molecule has 1 atom stereocenters. The molecule has 0 saturated carbocycles. The van der Waals surface area contributed by atoms with E-state index in [0.29, 0.717) is 5.02 Å². The van der Waals surface area contributed by atoms with Crippen molar-refractivity contribution in [2.75, 3.05) is 7.05 Å². The number of aliphatic hydroxyl groups excluding tert-OH is 1. The van der Waals surface area contributed by atoms with Crippen molar-refractivity contribution in [3.8, 4) is 0 Å². The first-order valence-corrected chi connectivity index (χ1v) is 3.83. The fraction of sp³-hybridized carbons (Fsp3) is 0.250. The summed E-state index contributed by atoms with van der Waals surface area (Å²) >= 11 is 5.61. The van der Waals surface area contributed by atoms with E-state index in [2.05, 4.69) is 5.32 Å². The van der Waals surface area contributed by atoms with Crippen LogP contribution in [-0.4, -0.2) is 12.2 Å². The lowest BCUT2D eigenvalue weighted by atomic mass is 10.2. The van der Waals surface area contributed by atoms with Gasteiger partial charge in [-0.3, -0.25) is 5.32 Å². The van der Waals surface area contributed by atoms with Gasteiger partial charge in [-0.05, 0) is 25.2 Å². The van der Waals surface area contributed by atoms with Gasteiger partial charge in [0.15, 0.2) is 0 Å². The quantitative estimate of drug-likeness (QED) is 0.694. The Hall–Kier alpha value is -0.640. The molecule has 0 radical (unpaired) electrons. The van der Waals surface area contributed by atoms with Crippen LogP contribution in [0.1, 0.15) is 11.8 Å². The van der Waals surface area contributed by atoms with Crippen molar-refractivity contribution in [1.29, 1.82) is 0 Å². The van der Waals surface area contributed by atoms with E-state index in [1.807, 2.05) is 0 Å². The fourth-order valence-corrected chi connectivity index (χ4v) is 1.06. The zero-order chi connectivity index (χ0) is 9.14. The molecule has 4 heteroatoms. The van der Waals surface area contributed by atoms with Crippen LogP contribution in [0.4, 0.5) is 4.39 Å². The normalized spacial score (nSPS) is 13.0. The molecule has 12 heavy (non-hydrogen) atoms. The summed E-state index contributed by atoms with van der Waals surface area (Å²) in [5.74, 6) is -0.471. The second kappa shape index (κ2) is 3.85. The van der Waals surface area contributed by atoms with Crippen LogP contribution >= 0.6 is 11.6 Å². The standard InChI is InChI=1S/C8H9ClFNO/c1-11-8(12)6-4-5(9)2-3-7(6)10/h2-4,8,11-12H,1H3. The van der Waals surface area contributed by atoms with Crippen LogP contribution < -0.4 is 5.32 Å². The molecular weight excluding hydrogens is 181 g/mol. The second-order valence-corrected chi connectivity index (χ2v) is 2.79. The molecule has 1 aromatic carbocycles. The van der Waals surface area contributed by atoms with Crippen LogP contribution in [-0.2, 0) is 0 Å². The van der Waals surface area contributed by atoms with Gasteiger partial charge in [-0.25, -0.2) is 4.39 Å². The Morgan fingerprint density at radius 1 is 1.58 bits per heavy atom. The number of nitrogens with one attached hydrogen (secondary N) is 1. The van der Waals surface area contributed by atoms with Crippen molar-refractivity contribution < 1.29 is 9.50 Å². The molecule has 0 aliphatic carbocycles. The number of hydrogen-bond acceptors (Lipinski definition) is 2. The van der Waals surface area contributed by atoms with E-state index in [1.54, 1.807) is 0 Å². The molecule has 1 rings (SSSR count). The average Bonchev–Trinajstić information content (AvgIpc) is 2.08. The minimum atomic E-state index is -1.01. The highest BCUT2D eigenvalue weighted by Gasteiger charge is 2.10. The van der Waals surface area contributed by atoms with E-state index >= 15 is 0 Å². The van der Waals surface area contributed by atoms with Crippen molar-refractivity contribution in [3.63, 3.8) is 0 Å². The Bertz CT molecular complexity index is 280. The third-order valence-corrected chi connectivity index (χ3v) is 1.76. The third kappa shape index (κ3) is 1.94. The summed E-state index contributed by atoms with van der Waals surface area (Å²) in [7, 11) is 1.53. The minimum Gasteiger partial charge on any atom is -0.374 e. The maximum atomic E-state index is 12.9. The zero-order valence-corrected chi connectivity index (χ0v) is 7.27. The lowest BCUT2D eigenvalue weighted by Gasteiger charge is -2.10. The Morgan fingerprint density at radius 2 is 2.25 bits per heavy atom. The number of halogens is 2. The van der Waals surface area contributed by atoms with E-state index in [-0.39, 0.29) is 5.56 Å². The number of benzene rings is 1. The molecule has 0 fully saturated rings. The van der Waals surface area contributed by atoms with Crippen LogP contribution in [0.3, 0.4) is 0 Å². The summed E-state index contributed by atoms with van der Waals surface area (Å²) in [6.07, 6.45) is -1.01. The third-order valence-electron chi connectivity index (χ3n) is 1.53. The first-order chi connectivity index (χ1) is 5.65. The molecule has 0 heterocycles. The van der Waals surface area contributed by atoms with Gasteiger partial charge in [-0.2, -0.15) is 0 Å². The molecule has 66 valence electrons. The van der Waals surface area contributed by atoms with E-state index in [0.717, 1.165) is 0 Å². The number of aliphatic hydroxyl groups is 1. The molecule has 1 unspecified atom stereocenters. The van der Waals surface area contributed by atoms with Crippen LogP contribution in [0.5, 0.6) is 0 Å². The SMILES string of the molecule is CNC(O)c1cc(Cl)ccc1F. The summed E-state index contributed by atoms with van der Waals surface area (Å²) in [6.45, 7) is 0. The summed E-state index contributed by atoms with van der Waals surface area (Å²) < 4.78 is 12.9. The number of hydrogen-bond donors (Lipinski definition) is 2. The van der Waals surface area contributed by atoms with Crippen molar-refractivity contribution in [2.24, 2.45) is 0 Å². The number of rotatable bonds is 2. The van der Waals surface area contributed by atoms with Gasteiger partial charge in [0.05, 0.1) is 0 Å². The highest BCUT2D eigenvalue weighted by Crippen LogP contribution is 2.19. The van der Waals surface area contributed by atoms with Gasteiger partial charge in [0.2, 0.25) is 0 Å². The van der Waals surface area contributed by atoms with Gasteiger partial charge in [-0.1, -0.05) is 11.6 Å². The van der Waals surface area contributed by atoms with Crippen molar-refractivity contribution in [1.82, 2.24) is 5.32 Å². The van der Waals surface area contributed by atoms with E-state index in [1.165, 1.54) is 25.2 Å². The molecule has 0 spiro atoms. The maximum Gasteiger partial charge on any atom is 0.133 e. The van der Waals surface area contributed by atoms with Gasteiger partial charge < -0.3 is 5.11 Å². The smallest absolute Gasteiger partial charge is 0.133 e. The van der Waals surface area contributed by atoms with Gasteiger partial charge in [0.1, 0.15) is 12.0 Å². The molecule has 0 aromatic heterocycles. The van der Waals surface area contributed by atoms with Gasteiger partial charge >= 0.3 is 0 Å². The van der Waals surface area contributed by atoms with Gasteiger partial charge in [0, 0.05) is 10.6 Å². The van der Waals surface area contributed by atoms with Crippen LogP contribution in [0.25, 0.3) is 0 Å². The molecule has 0 amide bonds. The zero-order valence-electron chi connectivity index (χ0n) is 6.51. The first-order valence-electron chi connectivity index (χ1n) is 3.45. The van der Waals surface area contributed by atoms with Gasteiger partial charge in [-0.15, -0.1) is 0 Å². The Balaban J connectivity index is 3.04. The molecule has 0 bridgehead atoms. The summed E-state index contributed by atoms with van der Waals surface area (Å²) in [4.78, 5) is 0. The Kier molecular flexibility index (Phi) is 3.03. The van der Waals surface area contributed by atoms with Crippen LogP contribution in [0.15, 0.2) is 18.2 Å².